The third-order valence-electron chi connectivity index (χ3n) is 2.77. The predicted molar refractivity (Wildman–Crippen MR) is 66.9 cm³/mol. The van der Waals surface area contributed by atoms with Gasteiger partial charge in [0.05, 0.1) is 12.7 Å². The SMILES string of the molecule is CCOC(=O)/C=C/CN1CCCC(OCC)C1. The fraction of sp³-hybridized carbons (Fsp3) is 0.769. The van der Waals surface area contributed by atoms with Crippen molar-refractivity contribution in [3.05, 3.63) is 12.2 Å². The number of ether oxygens (including phenoxy) is 2. The van der Waals surface area contributed by atoms with Gasteiger partial charge in [0.2, 0.25) is 0 Å². The summed E-state index contributed by atoms with van der Waals surface area (Å²) in [5.74, 6) is -0.258. The first-order valence-electron chi connectivity index (χ1n) is 6.43. The molecule has 1 saturated heterocycles. The van der Waals surface area contributed by atoms with E-state index in [2.05, 4.69) is 4.90 Å². The lowest BCUT2D eigenvalue weighted by Crippen LogP contribution is -2.39. The molecule has 0 amide bonds. The van der Waals surface area contributed by atoms with Crippen molar-refractivity contribution < 1.29 is 14.3 Å². The average molecular weight is 241 g/mol. The summed E-state index contributed by atoms with van der Waals surface area (Å²) >= 11 is 0. The zero-order valence-corrected chi connectivity index (χ0v) is 10.9. The van der Waals surface area contributed by atoms with Crippen molar-refractivity contribution in [2.24, 2.45) is 0 Å². The Kier molecular flexibility index (Phi) is 6.89. The topological polar surface area (TPSA) is 38.8 Å². The zero-order valence-electron chi connectivity index (χ0n) is 10.9. The molecule has 1 aliphatic rings. The summed E-state index contributed by atoms with van der Waals surface area (Å²) in [7, 11) is 0. The fourth-order valence-electron chi connectivity index (χ4n) is 2.04. The van der Waals surface area contributed by atoms with Gasteiger partial charge in [-0.15, -0.1) is 0 Å². The molecule has 1 unspecified atom stereocenters. The van der Waals surface area contributed by atoms with Crippen molar-refractivity contribution in [3.63, 3.8) is 0 Å². The van der Waals surface area contributed by atoms with Gasteiger partial charge in [0, 0.05) is 25.8 Å². The van der Waals surface area contributed by atoms with E-state index in [0.29, 0.717) is 12.7 Å². The molecule has 1 fully saturated rings. The van der Waals surface area contributed by atoms with Crippen LogP contribution in [0.25, 0.3) is 0 Å². The van der Waals surface area contributed by atoms with Crippen LogP contribution in [-0.4, -0.2) is 49.8 Å². The molecular weight excluding hydrogens is 218 g/mol. The van der Waals surface area contributed by atoms with E-state index in [1.807, 2.05) is 19.9 Å². The van der Waals surface area contributed by atoms with Crippen molar-refractivity contribution in [2.75, 3.05) is 32.8 Å². The molecule has 1 atom stereocenters. The number of carbonyl (C=O) groups excluding carboxylic acids is 1. The van der Waals surface area contributed by atoms with Crippen molar-refractivity contribution in [1.29, 1.82) is 0 Å². The summed E-state index contributed by atoms with van der Waals surface area (Å²) in [6.45, 7) is 7.87. The van der Waals surface area contributed by atoms with Gasteiger partial charge in [-0.3, -0.25) is 4.90 Å². The highest BCUT2D eigenvalue weighted by atomic mass is 16.5. The van der Waals surface area contributed by atoms with Crippen LogP contribution in [0.1, 0.15) is 26.7 Å². The number of rotatable bonds is 6. The number of piperidine rings is 1. The van der Waals surface area contributed by atoms with Gasteiger partial charge in [-0.05, 0) is 33.2 Å². The van der Waals surface area contributed by atoms with E-state index in [-0.39, 0.29) is 5.97 Å². The van der Waals surface area contributed by atoms with E-state index in [1.54, 1.807) is 0 Å². The summed E-state index contributed by atoms with van der Waals surface area (Å²) in [5, 5.41) is 0. The van der Waals surface area contributed by atoms with E-state index in [4.69, 9.17) is 9.47 Å². The van der Waals surface area contributed by atoms with Crippen LogP contribution in [0.3, 0.4) is 0 Å². The lowest BCUT2D eigenvalue weighted by Gasteiger charge is -2.31. The van der Waals surface area contributed by atoms with Gasteiger partial charge < -0.3 is 9.47 Å². The Morgan fingerprint density at radius 2 is 2.24 bits per heavy atom. The maximum atomic E-state index is 11.1. The molecule has 0 aromatic carbocycles. The second-order valence-corrected chi connectivity index (χ2v) is 4.13. The van der Waals surface area contributed by atoms with Crippen LogP contribution in [0, 0.1) is 0 Å². The predicted octanol–water partition coefficient (Wildman–Crippen LogP) is 1.61. The molecule has 0 bridgehead atoms. The van der Waals surface area contributed by atoms with Gasteiger partial charge in [-0.1, -0.05) is 6.08 Å². The minimum Gasteiger partial charge on any atom is -0.463 e. The number of hydrogen-bond acceptors (Lipinski definition) is 4. The van der Waals surface area contributed by atoms with Crippen molar-refractivity contribution in [3.8, 4) is 0 Å². The summed E-state index contributed by atoms with van der Waals surface area (Å²) in [6, 6.07) is 0. The molecule has 0 N–H and O–H groups in total. The first-order valence-corrected chi connectivity index (χ1v) is 6.43. The maximum Gasteiger partial charge on any atom is 0.330 e. The van der Waals surface area contributed by atoms with Crippen molar-refractivity contribution in [1.82, 2.24) is 4.90 Å². The molecule has 17 heavy (non-hydrogen) atoms. The van der Waals surface area contributed by atoms with Crippen LogP contribution < -0.4 is 0 Å². The average Bonchev–Trinajstić information content (AvgIpc) is 2.30. The van der Waals surface area contributed by atoms with Gasteiger partial charge in [0.15, 0.2) is 0 Å². The van der Waals surface area contributed by atoms with E-state index in [0.717, 1.165) is 39.1 Å². The number of nitrogens with zero attached hydrogens (tertiary/aromatic N) is 1. The molecule has 98 valence electrons. The second kappa shape index (κ2) is 8.25. The molecule has 0 aliphatic carbocycles. The van der Waals surface area contributed by atoms with Crippen LogP contribution >= 0.6 is 0 Å². The van der Waals surface area contributed by atoms with Crippen LogP contribution in [0.4, 0.5) is 0 Å². The Labute approximate surface area is 104 Å². The molecule has 0 spiro atoms. The first kappa shape index (κ1) is 14.2. The monoisotopic (exact) mass is 241 g/mol. The number of hydrogen-bond donors (Lipinski definition) is 0. The highest BCUT2D eigenvalue weighted by molar-refractivity contribution is 5.81. The highest BCUT2D eigenvalue weighted by Gasteiger charge is 2.18. The Bertz CT molecular complexity index is 251. The Balaban J connectivity index is 2.24. The van der Waals surface area contributed by atoms with Gasteiger partial charge >= 0.3 is 5.97 Å². The van der Waals surface area contributed by atoms with Crippen molar-refractivity contribution >= 4 is 5.97 Å². The third kappa shape index (κ3) is 5.84. The molecule has 1 heterocycles. The molecule has 1 aliphatic heterocycles. The van der Waals surface area contributed by atoms with E-state index in [9.17, 15) is 4.79 Å². The molecule has 0 radical (unpaired) electrons. The Morgan fingerprint density at radius 3 is 2.94 bits per heavy atom. The molecule has 0 aromatic heterocycles. The number of esters is 1. The van der Waals surface area contributed by atoms with E-state index < -0.39 is 0 Å². The Hall–Kier alpha value is -0.870. The molecule has 4 heteroatoms. The molecule has 4 nitrogen and oxygen atoms in total. The number of carbonyl (C=O) groups is 1. The van der Waals surface area contributed by atoms with E-state index in [1.165, 1.54) is 6.08 Å². The number of likely N-dealkylation sites (tertiary alicyclic amines) is 1. The van der Waals surface area contributed by atoms with Gasteiger partial charge in [-0.2, -0.15) is 0 Å². The molecular formula is C13H23NO3. The third-order valence-corrected chi connectivity index (χ3v) is 2.77. The summed E-state index contributed by atoms with van der Waals surface area (Å²) in [4.78, 5) is 13.4. The fourth-order valence-corrected chi connectivity index (χ4v) is 2.04. The minimum atomic E-state index is -0.258. The quantitative estimate of drug-likeness (QED) is 0.523. The normalized spacial score (nSPS) is 21.9. The Morgan fingerprint density at radius 1 is 1.41 bits per heavy atom. The summed E-state index contributed by atoms with van der Waals surface area (Å²) < 4.78 is 10.4. The first-order chi connectivity index (χ1) is 8.26. The lowest BCUT2D eigenvalue weighted by molar-refractivity contribution is -0.137. The second-order valence-electron chi connectivity index (χ2n) is 4.13. The minimum absolute atomic E-state index is 0.258. The molecule has 1 rings (SSSR count). The maximum absolute atomic E-state index is 11.1. The molecule has 0 saturated carbocycles. The highest BCUT2D eigenvalue weighted by Crippen LogP contribution is 2.12. The van der Waals surface area contributed by atoms with Gasteiger partial charge in [-0.25, -0.2) is 4.79 Å². The van der Waals surface area contributed by atoms with Crippen molar-refractivity contribution in [2.45, 2.75) is 32.8 Å². The van der Waals surface area contributed by atoms with Crippen LogP contribution in [0.2, 0.25) is 0 Å². The summed E-state index contributed by atoms with van der Waals surface area (Å²) in [6.07, 6.45) is 6.04. The smallest absolute Gasteiger partial charge is 0.330 e. The van der Waals surface area contributed by atoms with Crippen LogP contribution in [-0.2, 0) is 14.3 Å². The molecule has 0 aromatic rings. The largest absolute Gasteiger partial charge is 0.463 e. The summed E-state index contributed by atoms with van der Waals surface area (Å²) in [5.41, 5.74) is 0. The van der Waals surface area contributed by atoms with E-state index >= 15 is 0 Å². The standard InChI is InChI=1S/C13H23NO3/c1-3-16-12-7-5-9-14(11-12)10-6-8-13(15)17-4-2/h6,8,12H,3-5,7,9-11H2,1-2H3/b8-6+. The zero-order chi connectivity index (χ0) is 12.5. The van der Waals surface area contributed by atoms with Crippen LogP contribution in [0.15, 0.2) is 12.2 Å². The van der Waals surface area contributed by atoms with Gasteiger partial charge in [0.25, 0.3) is 0 Å². The van der Waals surface area contributed by atoms with Gasteiger partial charge in [0.1, 0.15) is 0 Å². The van der Waals surface area contributed by atoms with Crippen LogP contribution in [0.5, 0.6) is 0 Å². The lowest BCUT2D eigenvalue weighted by atomic mass is 10.1.